The van der Waals surface area contributed by atoms with Gasteiger partial charge in [-0.1, -0.05) is 30.7 Å². The number of nitrogens with zero attached hydrogens (tertiary/aromatic N) is 4. The third-order valence-corrected chi connectivity index (χ3v) is 8.67. The van der Waals surface area contributed by atoms with Crippen LogP contribution in [-0.4, -0.2) is 77.4 Å². The van der Waals surface area contributed by atoms with Gasteiger partial charge in [-0.2, -0.15) is 0 Å². The standard InChI is InChI=1S/C31H42N4O3/c36-29-11-6-17-34(29)18-12-30(37)35-19-14-31(15-20-35)13-4-3-9-27-8-1-2-10-28(27)38-22-21-33(25-31)24-26-7-5-16-32-23-26/h1-2,5,7-8,10,16,23H,3-4,6,9,11-15,17-22,24-25H2. The molecule has 0 bridgehead atoms. The number of carbonyl (C=O) groups excluding carboxylic acids is 2. The van der Waals surface area contributed by atoms with Crippen LogP contribution >= 0.6 is 0 Å². The van der Waals surface area contributed by atoms with Crippen LogP contribution in [0.3, 0.4) is 0 Å². The van der Waals surface area contributed by atoms with E-state index in [1.54, 1.807) is 0 Å². The molecule has 0 unspecified atom stereocenters. The average molecular weight is 519 g/mol. The normalized spacial score (nSPS) is 20.9. The smallest absolute Gasteiger partial charge is 0.224 e. The molecule has 7 heteroatoms. The highest BCUT2D eigenvalue weighted by Gasteiger charge is 2.37. The number of carbonyl (C=O) groups is 2. The van der Waals surface area contributed by atoms with Crippen LogP contribution in [0, 0.1) is 5.41 Å². The topological polar surface area (TPSA) is 66.0 Å². The summed E-state index contributed by atoms with van der Waals surface area (Å²) >= 11 is 0. The maximum atomic E-state index is 13.0. The molecule has 0 radical (unpaired) electrons. The summed E-state index contributed by atoms with van der Waals surface area (Å²) in [6, 6.07) is 12.6. The fourth-order valence-electron chi connectivity index (χ4n) is 6.44. The van der Waals surface area contributed by atoms with Crippen LogP contribution in [0.5, 0.6) is 5.75 Å². The molecule has 204 valence electrons. The first-order valence-electron chi connectivity index (χ1n) is 14.5. The molecule has 0 N–H and O–H groups in total. The molecule has 2 fully saturated rings. The predicted octanol–water partition coefficient (Wildman–Crippen LogP) is 4.31. The molecule has 5 rings (SSSR count). The van der Waals surface area contributed by atoms with Crippen molar-refractivity contribution in [1.29, 1.82) is 0 Å². The molecule has 7 nitrogen and oxygen atoms in total. The summed E-state index contributed by atoms with van der Waals surface area (Å²) in [6.45, 7) is 6.38. The number of fused-ring (bicyclic) bond motifs is 1. The maximum absolute atomic E-state index is 13.0. The van der Waals surface area contributed by atoms with Gasteiger partial charge in [0, 0.05) is 71.0 Å². The highest BCUT2D eigenvalue weighted by molar-refractivity contribution is 5.80. The van der Waals surface area contributed by atoms with Crippen LogP contribution in [-0.2, 0) is 22.6 Å². The number of aryl methyl sites for hydroxylation is 1. The number of rotatable bonds is 5. The molecule has 38 heavy (non-hydrogen) atoms. The lowest BCUT2D eigenvalue weighted by Gasteiger charge is -2.45. The molecule has 3 aliphatic heterocycles. The van der Waals surface area contributed by atoms with E-state index < -0.39 is 0 Å². The molecule has 2 aromatic rings. The van der Waals surface area contributed by atoms with Crippen molar-refractivity contribution < 1.29 is 14.3 Å². The molecular weight excluding hydrogens is 476 g/mol. The van der Waals surface area contributed by atoms with Crippen LogP contribution in [0.4, 0.5) is 0 Å². The molecule has 1 spiro atoms. The van der Waals surface area contributed by atoms with E-state index in [1.165, 1.54) is 24.0 Å². The molecular formula is C31H42N4O3. The number of ether oxygens (including phenoxy) is 1. The molecule has 0 aliphatic carbocycles. The predicted molar refractivity (Wildman–Crippen MR) is 148 cm³/mol. The van der Waals surface area contributed by atoms with Crippen molar-refractivity contribution in [2.24, 2.45) is 5.41 Å². The van der Waals surface area contributed by atoms with Gasteiger partial charge in [-0.3, -0.25) is 19.5 Å². The summed E-state index contributed by atoms with van der Waals surface area (Å²) < 4.78 is 6.29. The van der Waals surface area contributed by atoms with Crippen LogP contribution in [0.15, 0.2) is 48.8 Å². The van der Waals surface area contributed by atoms with E-state index in [1.807, 2.05) is 28.3 Å². The molecule has 2 saturated heterocycles. The third-order valence-electron chi connectivity index (χ3n) is 8.67. The summed E-state index contributed by atoms with van der Waals surface area (Å²) in [5, 5.41) is 0. The monoisotopic (exact) mass is 518 g/mol. The molecule has 0 saturated carbocycles. The largest absolute Gasteiger partial charge is 0.492 e. The summed E-state index contributed by atoms with van der Waals surface area (Å²) in [5.74, 6) is 1.42. The number of hydrogen-bond donors (Lipinski definition) is 0. The Morgan fingerprint density at radius 3 is 2.61 bits per heavy atom. The maximum Gasteiger partial charge on any atom is 0.224 e. The number of hydrogen-bond acceptors (Lipinski definition) is 5. The van der Waals surface area contributed by atoms with E-state index in [2.05, 4.69) is 40.2 Å². The number of likely N-dealkylation sites (tertiary alicyclic amines) is 2. The Balaban J connectivity index is 1.25. The Bertz CT molecular complexity index is 1070. The zero-order chi connectivity index (χ0) is 26.2. The number of para-hydroxylation sites is 1. The highest BCUT2D eigenvalue weighted by Crippen LogP contribution is 2.39. The Morgan fingerprint density at radius 1 is 0.947 bits per heavy atom. The number of aromatic nitrogens is 1. The minimum Gasteiger partial charge on any atom is -0.492 e. The Kier molecular flexibility index (Phi) is 8.94. The number of pyridine rings is 1. The van der Waals surface area contributed by atoms with Crippen molar-refractivity contribution in [1.82, 2.24) is 19.7 Å². The van der Waals surface area contributed by atoms with Gasteiger partial charge in [0.05, 0.1) is 0 Å². The minimum absolute atomic E-state index is 0.197. The first kappa shape index (κ1) is 26.7. The highest BCUT2D eigenvalue weighted by atomic mass is 16.5. The number of amides is 2. The zero-order valence-corrected chi connectivity index (χ0v) is 22.7. The van der Waals surface area contributed by atoms with Crippen molar-refractivity contribution in [3.8, 4) is 5.75 Å². The summed E-state index contributed by atoms with van der Waals surface area (Å²) in [5.41, 5.74) is 2.72. The van der Waals surface area contributed by atoms with Gasteiger partial charge in [0.15, 0.2) is 0 Å². The molecule has 2 amide bonds. The van der Waals surface area contributed by atoms with Gasteiger partial charge in [0.2, 0.25) is 11.8 Å². The van der Waals surface area contributed by atoms with Gasteiger partial charge in [-0.05, 0) is 67.2 Å². The van der Waals surface area contributed by atoms with Crippen molar-refractivity contribution in [3.63, 3.8) is 0 Å². The second kappa shape index (κ2) is 12.7. The van der Waals surface area contributed by atoms with Crippen LogP contribution in [0.2, 0.25) is 0 Å². The second-order valence-electron chi connectivity index (χ2n) is 11.4. The van der Waals surface area contributed by atoms with Gasteiger partial charge in [0.25, 0.3) is 0 Å². The third kappa shape index (κ3) is 6.93. The first-order valence-corrected chi connectivity index (χ1v) is 14.5. The van der Waals surface area contributed by atoms with E-state index in [-0.39, 0.29) is 17.2 Å². The fourth-order valence-corrected chi connectivity index (χ4v) is 6.44. The van der Waals surface area contributed by atoms with Crippen molar-refractivity contribution in [3.05, 3.63) is 59.9 Å². The average Bonchev–Trinajstić information content (AvgIpc) is 3.35. The fraction of sp³-hybridized carbons (Fsp3) is 0.581. The van der Waals surface area contributed by atoms with Crippen molar-refractivity contribution in [2.45, 2.75) is 64.3 Å². The summed E-state index contributed by atoms with van der Waals surface area (Å²) in [7, 11) is 0. The lowest BCUT2D eigenvalue weighted by molar-refractivity contribution is -0.135. The van der Waals surface area contributed by atoms with Gasteiger partial charge < -0.3 is 14.5 Å². The van der Waals surface area contributed by atoms with E-state index in [0.717, 1.165) is 77.1 Å². The van der Waals surface area contributed by atoms with Gasteiger partial charge in [0.1, 0.15) is 12.4 Å². The van der Waals surface area contributed by atoms with E-state index in [4.69, 9.17) is 4.74 Å². The van der Waals surface area contributed by atoms with E-state index >= 15 is 0 Å². The molecule has 4 heterocycles. The first-order chi connectivity index (χ1) is 18.6. The number of benzene rings is 1. The quantitative estimate of drug-likeness (QED) is 0.590. The molecule has 1 aromatic carbocycles. The SMILES string of the molecule is O=C1CCCN1CCC(=O)N1CCC2(CCCCc3ccccc3OCCN(Cc3cccnc3)C2)CC1. The van der Waals surface area contributed by atoms with Crippen LogP contribution in [0.25, 0.3) is 0 Å². The summed E-state index contributed by atoms with van der Waals surface area (Å²) in [4.78, 5) is 35.7. The van der Waals surface area contributed by atoms with Gasteiger partial charge >= 0.3 is 0 Å². The van der Waals surface area contributed by atoms with Crippen molar-refractivity contribution in [2.75, 3.05) is 45.9 Å². The lowest BCUT2D eigenvalue weighted by atomic mass is 9.73. The molecule has 1 aromatic heterocycles. The second-order valence-corrected chi connectivity index (χ2v) is 11.4. The molecule has 0 atom stereocenters. The lowest BCUT2D eigenvalue weighted by Crippen LogP contribution is -2.49. The Labute approximate surface area is 227 Å². The summed E-state index contributed by atoms with van der Waals surface area (Å²) in [6.07, 6.45) is 12.4. The van der Waals surface area contributed by atoms with E-state index in [0.29, 0.717) is 26.0 Å². The Morgan fingerprint density at radius 2 is 1.82 bits per heavy atom. The van der Waals surface area contributed by atoms with E-state index in [9.17, 15) is 9.59 Å². The zero-order valence-electron chi connectivity index (χ0n) is 22.7. The van der Waals surface area contributed by atoms with Gasteiger partial charge in [-0.25, -0.2) is 0 Å². The van der Waals surface area contributed by atoms with Crippen LogP contribution < -0.4 is 4.74 Å². The Hall–Kier alpha value is -2.93. The number of piperidine rings is 1. The van der Waals surface area contributed by atoms with Crippen LogP contribution in [0.1, 0.15) is 62.5 Å². The van der Waals surface area contributed by atoms with Crippen molar-refractivity contribution >= 4 is 11.8 Å². The minimum atomic E-state index is 0.197. The van der Waals surface area contributed by atoms with Gasteiger partial charge in [-0.15, -0.1) is 0 Å². The molecule has 3 aliphatic rings.